The summed E-state index contributed by atoms with van der Waals surface area (Å²) < 4.78 is 13.0. The molecule has 4 heteroatoms. The van der Waals surface area contributed by atoms with Crippen LogP contribution in [0, 0.1) is 12.7 Å². The van der Waals surface area contributed by atoms with Crippen molar-refractivity contribution in [3.05, 3.63) is 59.7 Å². The Labute approximate surface area is 110 Å². The quantitative estimate of drug-likeness (QED) is 0.859. The molecule has 0 fully saturated rings. The minimum absolute atomic E-state index is 0.424. The third kappa shape index (κ3) is 3.55. The normalized spacial score (nSPS) is 12.4. The van der Waals surface area contributed by atoms with Crippen LogP contribution in [-0.2, 0) is 0 Å². The van der Waals surface area contributed by atoms with Crippen LogP contribution in [0.3, 0.4) is 0 Å². The topological polar surface area (TPSA) is 33.1 Å². The zero-order chi connectivity index (χ0) is 13.0. The number of aryl methyl sites for hydroxylation is 1. The highest BCUT2D eigenvalue weighted by atomic mass is 32.2. The van der Waals surface area contributed by atoms with Crippen LogP contribution in [0.4, 0.5) is 4.39 Å². The van der Waals surface area contributed by atoms with Crippen molar-refractivity contribution in [2.45, 2.75) is 17.9 Å². The first-order valence-corrected chi connectivity index (χ1v) is 6.61. The molecule has 1 atom stereocenters. The van der Waals surface area contributed by atoms with Crippen molar-refractivity contribution in [1.82, 2.24) is 4.98 Å². The Bertz CT molecular complexity index is 515. The molecule has 1 aromatic heterocycles. The van der Waals surface area contributed by atoms with Gasteiger partial charge in [0.1, 0.15) is 5.82 Å². The molecule has 2 rings (SSSR count). The second kappa shape index (κ2) is 5.98. The smallest absolute Gasteiger partial charge is 0.141 e. The van der Waals surface area contributed by atoms with Crippen LogP contribution >= 0.6 is 11.8 Å². The molecule has 0 radical (unpaired) electrons. The maximum Gasteiger partial charge on any atom is 0.141 e. The summed E-state index contributed by atoms with van der Waals surface area (Å²) in [5.41, 5.74) is 1.71. The van der Waals surface area contributed by atoms with Crippen LogP contribution in [0.2, 0.25) is 0 Å². The average molecular weight is 263 g/mol. The standard InChI is InChI=1S/C14H14FNOS/c1-10-2-4-13(5-3-10)18-9-14(17)11-6-12(15)8-16-7-11/h2-8,14,17H,9H2,1H3. The maximum atomic E-state index is 13.0. The molecule has 2 aromatic rings. The molecule has 18 heavy (non-hydrogen) atoms. The van der Waals surface area contributed by atoms with Gasteiger partial charge in [-0.3, -0.25) is 4.98 Å². The fourth-order valence-corrected chi connectivity index (χ4v) is 2.39. The van der Waals surface area contributed by atoms with Gasteiger partial charge in [0.15, 0.2) is 0 Å². The van der Waals surface area contributed by atoms with E-state index in [0.717, 1.165) is 11.1 Å². The van der Waals surface area contributed by atoms with E-state index in [2.05, 4.69) is 4.98 Å². The van der Waals surface area contributed by atoms with Gasteiger partial charge in [0.05, 0.1) is 12.3 Å². The molecule has 2 nitrogen and oxygen atoms in total. The molecule has 0 saturated heterocycles. The van der Waals surface area contributed by atoms with Gasteiger partial charge in [-0.2, -0.15) is 0 Å². The van der Waals surface area contributed by atoms with Gasteiger partial charge in [-0.15, -0.1) is 11.8 Å². The first-order chi connectivity index (χ1) is 8.65. The lowest BCUT2D eigenvalue weighted by molar-refractivity contribution is 0.203. The third-order valence-electron chi connectivity index (χ3n) is 2.54. The molecule has 0 aliphatic rings. The molecule has 0 bridgehead atoms. The predicted octanol–water partition coefficient (Wildman–Crippen LogP) is 3.35. The first kappa shape index (κ1) is 13.1. The van der Waals surface area contributed by atoms with Crippen LogP contribution in [-0.4, -0.2) is 15.8 Å². The number of aromatic nitrogens is 1. The van der Waals surface area contributed by atoms with Gasteiger partial charge < -0.3 is 5.11 Å². The fourth-order valence-electron chi connectivity index (χ4n) is 1.52. The second-order valence-corrected chi connectivity index (χ2v) is 5.17. The van der Waals surface area contributed by atoms with Gasteiger partial charge >= 0.3 is 0 Å². The lowest BCUT2D eigenvalue weighted by Crippen LogP contribution is -2.01. The molecular formula is C14H14FNOS. The van der Waals surface area contributed by atoms with E-state index >= 15 is 0 Å². The van der Waals surface area contributed by atoms with E-state index in [-0.39, 0.29) is 0 Å². The Hall–Kier alpha value is -1.39. The van der Waals surface area contributed by atoms with Gasteiger partial charge in [0.2, 0.25) is 0 Å². The third-order valence-corrected chi connectivity index (χ3v) is 3.63. The van der Waals surface area contributed by atoms with E-state index in [9.17, 15) is 9.50 Å². The van der Waals surface area contributed by atoms with Crippen molar-refractivity contribution in [1.29, 1.82) is 0 Å². The Balaban J connectivity index is 1.96. The molecule has 1 unspecified atom stereocenters. The van der Waals surface area contributed by atoms with Gasteiger partial charge in [0, 0.05) is 22.4 Å². The van der Waals surface area contributed by atoms with Crippen molar-refractivity contribution >= 4 is 11.8 Å². The number of thioether (sulfide) groups is 1. The van der Waals surface area contributed by atoms with Gasteiger partial charge in [0.25, 0.3) is 0 Å². The van der Waals surface area contributed by atoms with E-state index in [1.165, 1.54) is 29.6 Å². The lowest BCUT2D eigenvalue weighted by Gasteiger charge is -2.10. The monoisotopic (exact) mass is 263 g/mol. The van der Waals surface area contributed by atoms with Crippen LogP contribution in [0.5, 0.6) is 0 Å². The van der Waals surface area contributed by atoms with E-state index in [1.54, 1.807) is 0 Å². The summed E-state index contributed by atoms with van der Waals surface area (Å²) in [6.07, 6.45) is 1.91. The van der Waals surface area contributed by atoms with Crippen LogP contribution in [0.15, 0.2) is 47.6 Å². The SMILES string of the molecule is Cc1ccc(SCC(O)c2cncc(F)c2)cc1. The molecule has 1 heterocycles. The van der Waals surface area contributed by atoms with Crippen LogP contribution in [0.1, 0.15) is 17.2 Å². The van der Waals surface area contributed by atoms with Gasteiger partial charge in [-0.1, -0.05) is 17.7 Å². The van der Waals surface area contributed by atoms with Crippen molar-refractivity contribution in [3.63, 3.8) is 0 Å². The summed E-state index contributed by atoms with van der Waals surface area (Å²) in [4.78, 5) is 4.81. The zero-order valence-electron chi connectivity index (χ0n) is 10.0. The van der Waals surface area contributed by atoms with Gasteiger partial charge in [-0.25, -0.2) is 4.39 Å². The number of pyridine rings is 1. The number of rotatable bonds is 4. The minimum atomic E-state index is -0.709. The number of benzene rings is 1. The van der Waals surface area contributed by atoms with Crippen molar-refractivity contribution in [2.75, 3.05) is 5.75 Å². The molecule has 0 aliphatic heterocycles. The molecule has 0 amide bonds. The Morgan fingerprint density at radius 1 is 1.28 bits per heavy atom. The molecule has 0 spiro atoms. The van der Waals surface area contributed by atoms with E-state index in [1.807, 2.05) is 31.2 Å². The number of hydrogen-bond acceptors (Lipinski definition) is 3. The minimum Gasteiger partial charge on any atom is -0.387 e. The van der Waals surface area contributed by atoms with E-state index in [0.29, 0.717) is 11.3 Å². The number of halogens is 1. The molecule has 1 N–H and O–H groups in total. The van der Waals surface area contributed by atoms with Crippen molar-refractivity contribution in [3.8, 4) is 0 Å². The molecular weight excluding hydrogens is 249 g/mol. The number of hydrogen-bond donors (Lipinski definition) is 1. The predicted molar refractivity (Wildman–Crippen MR) is 71.1 cm³/mol. The van der Waals surface area contributed by atoms with Crippen LogP contribution < -0.4 is 0 Å². The summed E-state index contributed by atoms with van der Waals surface area (Å²) in [6.45, 7) is 2.03. The summed E-state index contributed by atoms with van der Waals surface area (Å²) in [7, 11) is 0. The van der Waals surface area contributed by atoms with E-state index in [4.69, 9.17) is 0 Å². The number of nitrogens with zero attached hydrogens (tertiary/aromatic N) is 1. The first-order valence-electron chi connectivity index (χ1n) is 5.63. The fraction of sp³-hybridized carbons (Fsp3) is 0.214. The summed E-state index contributed by atoms with van der Waals surface area (Å²) in [5.74, 6) is 0.0562. The highest BCUT2D eigenvalue weighted by Gasteiger charge is 2.09. The second-order valence-electron chi connectivity index (χ2n) is 4.08. The van der Waals surface area contributed by atoms with Crippen molar-refractivity contribution in [2.24, 2.45) is 0 Å². The molecule has 94 valence electrons. The summed E-state index contributed by atoms with van der Waals surface area (Å²) in [5, 5.41) is 9.93. The van der Waals surface area contributed by atoms with Crippen molar-refractivity contribution < 1.29 is 9.50 Å². The molecule has 0 aliphatic carbocycles. The van der Waals surface area contributed by atoms with Crippen LogP contribution in [0.25, 0.3) is 0 Å². The summed E-state index contributed by atoms with van der Waals surface area (Å²) >= 11 is 1.54. The molecule has 0 saturated carbocycles. The maximum absolute atomic E-state index is 13.0. The Morgan fingerprint density at radius 2 is 2.00 bits per heavy atom. The lowest BCUT2D eigenvalue weighted by atomic mass is 10.2. The molecule has 1 aromatic carbocycles. The highest BCUT2D eigenvalue weighted by Crippen LogP contribution is 2.24. The van der Waals surface area contributed by atoms with Gasteiger partial charge in [-0.05, 0) is 25.1 Å². The van der Waals surface area contributed by atoms with E-state index < -0.39 is 11.9 Å². The number of aliphatic hydroxyl groups is 1. The average Bonchev–Trinajstić information content (AvgIpc) is 2.38. The number of aliphatic hydroxyl groups excluding tert-OH is 1. The summed E-state index contributed by atoms with van der Waals surface area (Å²) in [6, 6.07) is 9.39. The Kier molecular flexibility index (Phi) is 4.33. The highest BCUT2D eigenvalue weighted by molar-refractivity contribution is 7.99. The largest absolute Gasteiger partial charge is 0.387 e. The zero-order valence-corrected chi connectivity index (χ0v) is 10.8. The Morgan fingerprint density at radius 3 is 2.67 bits per heavy atom.